The maximum absolute atomic E-state index is 11.7. The predicted molar refractivity (Wildman–Crippen MR) is 82.3 cm³/mol. The number of carbonyl (C=O) groups is 1. The van der Waals surface area contributed by atoms with Crippen LogP contribution in [-0.4, -0.2) is 25.7 Å². The van der Waals surface area contributed by atoms with Crippen molar-refractivity contribution in [3.8, 4) is 17.2 Å². The first-order chi connectivity index (χ1) is 10.1. The summed E-state index contributed by atoms with van der Waals surface area (Å²) < 4.78 is 16.9. The molecule has 0 aromatic heterocycles. The van der Waals surface area contributed by atoms with E-state index >= 15 is 0 Å². The molecule has 0 aliphatic carbocycles. The summed E-state index contributed by atoms with van der Waals surface area (Å²) >= 11 is 0. The standard InChI is InChI=1S/C16H25NO4/c1-4-7-19-12-10-13(20-8-5-2)15(16(17)18)14(11-12)21-9-6-3/h10-11H,4-9H2,1-3H3,(H2,17,18). The highest BCUT2D eigenvalue weighted by Gasteiger charge is 2.19. The van der Waals surface area contributed by atoms with E-state index < -0.39 is 5.91 Å². The van der Waals surface area contributed by atoms with Gasteiger partial charge in [0.15, 0.2) is 0 Å². The topological polar surface area (TPSA) is 70.8 Å². The number of amides is 1. The number of benzene rings is 1. The van der Waals surface area contributed by atoms with E-state index in [-0.39, 0.29) is 5.56 Å². The van der Waals surface area contributed by atoms with E-state index in [2.05, 4.69) is 0 Å². The van der Waals surface area contributed by atoms with Crippen molar-refractivity contribution in [3.63, 3.8) is 0 Å². The molecule has 0 heterocycles. The van der Waals surface area contributed by atoms with Crippen LogP contribution in [-0.2, 0) is 0 Å². The summed E-state index contributed by atoms with van der Waals surface area (Å²) in [5.41, 5.74) is 5.75. The minimum Gasteiger partial charge on any atom is -0.493 e. The minimum absolute atomic E-state index is 0.278. The lowest BCUT2D eigenvalue weighted by Gasteiger charge is -2.16. The summed E-state index contributed by atoms with van der Waals surface area (Å²) in [6, 6.07) is 3.40. The second kappa shape index (κ2) is 9.10. The van der Waals surface area contributed by atoms with Gasteiger partial charge in [0.2, 0.25) is 0 Å². The summed E-state index contributed by atoms with van der Waals surface area (Å²) in [4.78, 5) is 11.7. The highest BCUT2D eigenvalue weighted by Crippen LogP contribution is 2.34. The Morgan fingerprint density at radius 1 is 0.905 bits per heavy atom. The predicted octanol–water partition coefficient (Wildman–Crippen LogP) is 3.15. The van der Waals surface area contributed by atoms with Crippen molar-refractivity contribution < 1.29 is 19.0 Å². The molecule has 0 spiro atoms. The highest BCUT2D eigenvalue weighted by atomic mass is 16.5. The molecule has 1 amide bonds. The lowest BCUT2D eigenvalue weighted by atomic mass is 10.1. The van der Waals surface area contributed by atoms with Crippen LogP contribution in [0.2, 0.25) is 0 Å². The Bertz CT molecular complexity index is 431. The van der Waals surface area contributed by atoms with Crippen molar-refractivity contribution in [3.05, 3.63) is 17.7 Å². The molecule has 0 aliphatic rings. The van der Waals surface area contributed by atoms with Gasteiger partial charge in [-0.05, 0) is 19.3 Å². The van der Waals surface area contributed by atoms with Crippen molar-refractivity contribution in [2.24, 2.45) is 5.73 Å². The lowest BCUT2D eigenvalue weighted by molar-refractivity contribution is 0.0992. The molecule has 2 N–H and O–H groups in total. The third kappa shape index (κ3) is 5.17. The van der Waals surface area contributed by atoms with Crippen LogP contribution in [0, 0.1) is 0 Å². The number of nitrogens with two attached hydrogens (primary N) is 1. The molecule has 1 aromatic carbocycles. The van der Waals surface area contributed by atoms with Crippen molar-refractivity contribution in [1.29, 1.82) is 0 Å². The van der Waals surface area contributed by atoms with Crippen molar-refractivity contribution >= 4 is 5.91 Å². The summed E-state index contributed by atoms with van der Waals surface area (Å²) in [5, 5.41) is 0. The van der Waals surface area contributed by atoms with E-state index in [0.29, 0.717) is 37.1 Å². The molecule has 5 heteroatoms. The number of primary amides is 1. The monoisotopic (exact) mass is 295 g/mol. The molecule has 0 unspecified atom stereocenters. The molecular formula is C16H25NO4. The van der Waals surface area contributed by atoms with Gasteiger partial charge in [0.05, 0.1) is 19.8 Å². The van der Waals surface area contributed by atoms with Gasteiger partial charge in [-0.3, -0.25) is 4.79 Å². The number of carbonyl (C=O) groups excluding carboxylic acids is 1. The zero-order valence-corrected chi connectivity index (χ0v) is 13.1. The van der Waals surface area contributed by atoms with Gasteiger partial charge < -0.3 is 19.9 Å². The molecule has 21 heavy (non-hydrogen) atoms. The van der Waals surface area contributed by atoms with E-state index in [0.717, 1.165) is 19.3 Å². The van der Waals surface area contributed by atoms with Crippen LogP contribution in [0.15, 0.2) is 12.1 Å². The van der Waals surface area contributed by atoms with Gasteiger partial charge in [-0.2, -0.15) is 0 Å². The molecule has 118 valence electrons. The molecule has 0 saturated carbocycles. The maximum Gasteiger partial charge on any atom is 0.256 e. The minimum atomic E-state index is -0.561. The second-order valence-electron chi connectivity index (χ2n) is 4.70. The van der Waals surface area contributed by atoms with Crippen molar-refractivity contribution in [1.82, 2.24) is 0 Å². The van der Waals surface area contributed by atoms with Crippen LogP contribution >= 0.6 is 0 Å². The molecule has 5 nitrogen and oxygen atoms in total. The first-order valence-electron chi connectivity index (χ1n) is 7.50. The van der Waals surface area contributed by atoms with E-state index in [1.165, 1.54) is 0 Å². The van der Waals surface area contributed by atoms with E-state index in [9.17, 15) is 4.79 Å². The van der Waals surface area contributed by atoms with Crippen LogP contribution in [0.4, 0.5) is 0 Å². The average Bonchev–Trinajstić information content (AvgIpc) is 2.47. The Hall–Kier alpha value is -1.91. The van der Waals surface area contributed by atoms with Gasteiger partial charge in [-0.15, -0.1) is 0 Å². The van der Waals surface area contributed by atoms with E-state index in [1.807, 2.05) is 20.8 Å². The van der Waals surface area contributed by atoms with Crippen LogP contribution in [0.3, 0.4) is 0 Å². The quantitative estimate of drug-likeness (QED) is 0.719. The zero-order valence-electron chi connectivity index (χ0n) is 13.1. The normalized spacial score (nSPS) is 10.2. The fourth-order valence-electron chi connectivity index (χ4n) is 1.76. The third-order valence-corrected chi connectivity index (χ3v) is 2.68. The summed E-state index contributed by atoms with van der Waals surface area (Å²) in [7, 11) is 0. The molecular weight excluding hydrogens is 270 g/mol. The summed E-state index contributed by atoms with van der Waals surface area (Å²) in [6.45, 7) is 7.62. The largest absolute Gasteiger partial charge is 0.493 e. The van der Waals surface area contributed by atoms with Gasteiger partial charge >= 0.3 is 0 Å². The maximum atomic E-state index is 11.7. The number of hydrogen-bond donors (Lipinski definition) is 1. The Balaban J connectivity index is 3.17. The van der Waals surface area contributed by atoms with Crippen LogP contribution in [0.1, 0.15) is 50.4 Å². The molecule has 0 fully saturated rings. The molecule has 0 bridgehead atoms. The first-order valence-corrected chi connectivity index (χ1v) is 7.50. The van der Waals surface area contributed by atoms with Crippen molar-refractivity contribution in [2.75, 3.05) is 19.8 Å². The molecule has 0 aliphatic heterocycles. The molecule has 0 radical (unpaired) electrons. The van der Waals surface area contributed by atoms with E-state index in [4.69, 9.17) is 19.9 Å². The third-order valence-electron chi connectivity index (χ3n) is 2.68. The van der Waals surface area contributed by atoms with Gasteiger partial charge in [0.1, 0.15) is 22.8 Å². The van der Waals surface area contributed by atoms with Crippen LogP contribution in [0.25, 0.3) is 0 Å². The fourth-order valence-corrected chi connectivity index (χ4v) is 1.76. The molecule has 1 aromatic rings. The molecule has 0 atom stereocenters. The number of hydrogen-bond acceptors (Lipinski definition) is 4. The number of ether oxygens (including phenoxy) is 3. The van der Waals surface area contributed by atoms with Gasteiger partial charge in [0, 0.05) is 12.1 Å². The Morgan fingerprint density at radius 2 is 1.33 bits per heavy atom. The number of rotatable bonds is 10. The Labute approximate surface area is 126 Å². The molecule has 1 rings (SSSR count). The highest BCUT2D eigenvalue weighted by molar-refractivity contribution is 5.98. The van der Waals surface area contributed by atoms with Crippen LogP contribution < -0.4 is 19.9 Å². The second-order valence-corrected chi connectivity index (χ2v) is 4.70. The Morgan fingerprint density at radius 3 is 1.71 bits per heavy atom. The fraction of sp³-hybridized carbons (Fsp3) is 0.562. The smallest absolute Gasteiger partial charge is 0.256 e. The van der Waals surface area contributed by atoms with E-state index in [1.54, 1.807) is 12.1 Å². The Kier molecular flexibility index (Phi) is 7.43. The lowest BCUT2D eigenvalue weighted by Crippen LogP contribution is -2.16. The summed E-state index contributed by atoms with van der Waals surface area (Å²) in [5.74, 6) is 0.904. The van der Waals surface area contributed by atoms with Gasteiger partial charge in [0.25, 0.3) is 5.91 Å². The van der Waals surface area contributed by atoms with Gasteiger partial charge in [-0.25, -0.2) is 0 Å². The molecule has 0 saturated heterocycles. The van der Waals surface area contributed by atoms with Gasteiger partial charge in [-0.1, -0.05) is 20.8 Å². The zero-order chi connectivity index (χ0) is 15.7. The SMILES string of the molecule is CCCOc1cc(OCCC)c(C(N)=O)c(OCCC)c1. The summed E-state index contributed by atoms with van der Waals surface area (Å²) in [6.07, 6.45) is 2.57. The van der Waals surface area contributed by atoms with Crippen LogP contribution in [0.5, 0.6) is 17.2 Å². The van der Waals surface area contributed by atoms with Crippen molar-refractivity contribution in [2.45, 2.75) is 40.0 Å². The average molecular weight is 295 g/mol. The first kappa shape index (κ1) is 17.1.